The van der Waals surface area contributed by atoms with Gasteiger partial charge in [-0.25, -0.2) is 4.79 Å². The third-order valence-electron chi connectivity index (χ3n) is 1.89. The van der Waals surface area contributed by atoms with Gasteiger partial charge in [-0.1, -0.05) is 5.16 Å². The van der Waals surface area contributed by atoms with Gasteiger partial charge in [0.1, 0.15) is 6.61 Å². The van der Waals surface area contributed by atoms with Crippen LogP contribution in [0.1, 0.15) is 19.8 Å². The summed E-state index contributed by atoms with van der Waals surface area (Å²) in [6.07, 6.45) is 0.866. The molecule has 0 spiro atoms. The van der Waals surface area contributed by atoms with Crippen LogP contribution in [0.15, 0.2) is 5.16 Å². The van der Waals surface area contributed by atoms with Crippen LogP contribution in [-0.4, -0.2) is 38.1 Å². The van der Waals surface area contributed by atoms with Gasteiger partial charge >= 0.3 is 5.97 Å². The van der Waals surface area contributed by atoms with Crippen molar-refractivity contribution in [2.75, 3.05) is 20.3 Å². The van der Waals surface area contributed by atoms with E-state index in [-0.39, 0.29) is 0 Å². The van der Waals surface area contributed by atoms with E-state index in [0.29, 0.717) is 18.9 Å². The molecule has 0 aromatic carbocycles. The number of carbonyl (C=O) groups excluding carboxylic acids is 1. The number of nitrogens with zero attached hydrogens (tertiary/aromatic N) is 1. The fourth-order valence-corrected chi connectivity index (χ4v) is 1.26. The average Bonchev–Trinajstić information content (AvgIpc) is 2.21. The van der Waals surface area contributed by atoms with Crippen LogP contribution < -0.4 is 0 Å². The van der Waals surface area contributed by atoms with Crippen LogP contribution >= 0.6 is 0 Å². The van der Waals surface area contributed by atoms with Crippen molar-refractivity contribution in [3.63, 3.8) is 0 Å². The van der Waals surface area contributed by atoms with Crippen molar-refractivity contribution >= 4 is 11.7 Å². The summed E-state index contributed by atoms with van der Waals surface area (Å²) in [5.41, 5.74) is 0.609. The molecule has 0 amide bonds. The molecule has 5 heteroatoms. The lowest BCUT2D eigenvalue weighted by Gasteiger charge is -2.18. The minimum atomic E-state index is -0.713. The monoisotopic (exact) mass is 201 g/mol. The summed E-state index contributed by atoms with van der Waals surface area (Å²) in [6, 6.07) is 0. The molecule has 0 aromatic rings. The average molecular weight is 201 g/mol. The highest BCUT2D eigenvalue weighted by molar-refractivity contribution is 6.05. The Morgan fingerprint density at radius 3 is 3.00 bits per heavy atom. The summed E-state index contributed by atoms with van der Waals surface area (Å²) in [4.78, 5) is 16.3. The maximum absolute atomic E-state index is 11.4. The molecule has 0 aromatic heterocycles. The third kappa shape index (κ3) is 2.70. The van der Waals surface area contributed by atoms with Crippen molar-refractivity contribution in [2.45, 2.75) is 25.9 Å². The lowest BCUT2D eigenvalue weighted by atomic mass is 10.1. The van der Waals surface area contributed by atoms with Crippen LogP contribution in [-0.2, 0) is 19.1 Å². The number of ether oxygens (including phenoxy) is 2. The Kier molecular flexibility index (Phi) is 4.39. The zero-order valence-corrected chi connectivity index (χ0v) is 8.49. The highest BCUT2D eigenvalue weighted by Gasteiger charge is 2.27. The Balaban J connectivity index is 2.60. The van der Waals surface area contributed by atoms with Crippen LogP contribution in [0.4, 0.5) is 0 Å². The molecule has 1 atom stereocenters. The van der Waals surface area contributed by atoms with Gasteiger partial charge in [-0.05, 0) is 19.8 Å². The second kappa shape index (κ2) is 5.59. The van der Waals surface area contributed by atoms with E-state index in [1.165, 1.54) is 7.11 Å². The smallest absolute Gasteiger partial charge is 0.341 e. The molecular formula is C9H15NO4. The van der Waals surface area contributed by atoms with Crippen LogP contribution in [0.2, 0.25) is 0 Å². The maximum Gasteiger partial charge on any atom is 0.341 e. The highest BCUT2D eigenvalue weighted by atomic mass is 16.6. The molecule has 0 N–H and O–H groups in total. The van der Waals surface area contributed by atoms with Gasteiger partial charge < -0.3 is 14.3 Å². The first-order valence-electron chi connectivity index (χ1n) is 4.67. The fraction of sp³-hybridized carbons (Fsp3) is 0.778. The van der Waals surface area contributed by atoms with E-state index >= 15 is 0 Å². The van der Waals surface area contributed by atoms with Crippen molar-refractivity contribution in [2.24, 2.45) is 5.16 Å². The molecule has 0 saturated carbocycles. The van der Waals surface area contributed by atoms with E-state index in [1.807, 2.05) is 0 Å². The summed E-state index contributed by atoms with van der Waals surface area (Å²) in [5, 5.41) is 3.79. The van der Waals surface area contributed by atoms with Gasteiger partial charge in [-0.3, -0.25) is 0 Å². The van der Waals surface area contributed by atoms with E-state index in [4.69, 9.17) is 14.3 Å². The predicted octanol–water partition coefficient (Wildman–Crippen LogP) is 0.731. The number of hydrogen-bond acceptors (Lipinski definition) is 5. The molecule has 0 aliphatic carbocycles. The zero-order chi connectivity index (χ0) is 10.4. The van der Waals surface area contributed by atoms with Gasteiger partial charge in [0.2, 0.25) is 0 Å². The first-order valence-corrected chi connectivity index (χ1v) is 4.67. The summed E-state index contributed by atoms with van der Waals surface area (Å²) >= 11 is 0. The lowest BCUT2D eigenvalue weighted by molar-refractivity contribution is -0.150. The third-order valence-corrected chi connectivity index (χ3v) is 1.89. The van der Waals surface area contributed by atoms with Gasteiger partial charge in [-0.2, -0.15) is 0 Å². The van der Waals surface area contributed by atoms with Crippen LogP contribution in [0.3, 0.4) is 0 Å². The van der Waals surface area contributed by atoms with Crippen molar-refractivity contribution in [3.05, 3.63) is 0 Å². The van der Waals surface area contributed by atoms with Crippen molar-refractivity contribution in [3.8, 4) is 0 Å². The van der Waals surface area contributed by atoms with E-state index in [2.05, 4.69) is 5.16 Å². The second-order valence-electron chi connectivity index (χ2n) is 2.89. The van der Waals surface area contributed by atoms with Gasteiger partial charge in [-0.15, -0.1) is 0 Å². The summed E-state index contributed by atoms with van der Waals surface area (Å²) in [5.74, 6) is -0.403. The quantitative estimate of drug-likeness (QED) is 0.629. The predicted molar refractivity (Wildman–Crippen MR) is 50.1 cm³/mol. The zero-order valence-electron chi connectivity index (χ0n) is 8.49. The highest BCUT2D eigenvalue weighted by Crippen LogP contribution is 2.09. The maximum atomic E-state index is 11.4. The molecule has 1 aliphatic rings. The molecule has 80 valence electrons. The molecule has 0 saturated heterocycles. The standard InChI is InChI=1S/C9H15NO4/c1-3-13-9(11)8(12-2)7-5-4-6-14-10-7/h8H,3-6H2,1-2H3. The van der Waals surface area contributed by atoms with Gasteiger partial charge in [0.15, 0.2) is 6.10 Å². The molecule has 5 nitrogen and oxygen atoms in total. The van der Waals surface area contributed by atoms with Crippen LogP contribution in [0, 0.1) is 0 Å². The number of esters is 1. The topological polar surface area (TPSA) is 57.1 Å². The van der Waals surface area contributed by atoms with E-state index in [9.17, 15) is 4.79 Å². The van der Waals surface area contributed by atoms with E-state index in [1.54, 1.807) is 6.92 Å². The second-order valence-corrected chi connectivity index (χ2v) is 2.89. The molecular weight excluding hydrogens is 186 g/mol. The van der Waals surface area contributed by atoms with Gasteiger partial charge in [0, 0.05) is 7.11 Å². The van der Waals surface area contributed by atoms with Gasteiger partial charge in [0.25, 0.3) is 0 Å². The Bertz CT molecular complexity index is 227. The molecule has 0 fully saturated rings. The largest absolute Gasteiger partial charge is 0.464 e. The molecule has 1 unspecified atom stereocenters. The number of rotatable bonds is 4. The first-order chi connectivity index (χ1) is 6.79. The number of oxime groups is 1. The Morgan fingerprint density at radius 1 is 1.71 bits per heavy atom. The van der Waals surface area contributed by atoms with E-state index < -0.39 is 12.1 Å². The summed E-state index contributed by atoms with van der Waals surface area (Å²) in [6.45, 7) is 2.69. The Morgan fingerprint density at radius 2 is 2.50 bits per heavy atom. The normalized spacial score (nSPS) is 18.0. The number of hydrogen-bond donors (Lipinski definition) is 0. The first kappa shape index (κ1) is 11.0. The molecule has 0 radical (unpaired) electrons. The summed E-state index contributed by atoms with van der Waals surface area (Å²) < 4.78 is 9.87. The number of carbonyl (C=O) groups is 1. The number of methoxy groups -OCH3 is 1. The Labute approximate surface area is 83.0 Å². The lowest BCUT2D eigenvalue weighted by Crippen LogP contribution is -2.35. The Hall–Kier alpha value is -1.10. The van der Waals surface area contributed by atoms with Crippen LogP contribution in [0.5, 0.6) is 0 Å². The molecule has 14 heavy (non-hydrogen) atoms. The molecule has 0 bridgehead atoms. The SMILES string of the molecule is CCOC(=O)C(OC)C1=NOCCC1. The van der Waals surface area contributed by atoms with E-state index in [0.717, 1.165) is 12.8 Å². The molecule has 1 heterocycles. The summed E-state index contributed by atoms with van der Waals surface area (Å²) in [7, 11) is 1.46. The van der Waals surface area contributed by atoms with Crippen LogP contribution in [0.25, 0.3) is 0 Å². The van der Waals surface area contributed by atoms with Crippen molar-refractivity contribution in [1.29, 1.82) is 0 Å². The fourth-order valence-electron chi connectivity index (χ4n) is 1.26. The molecule has 1 aliphatic heterocycles. The van der Waals surface area contributed by atoms with Crippen molar-refractivity contribution < 1.29 is 19.1 Å². The minimum absolute atomic E-state index is 0.340. The minimum Gasteiger partial charge on any atom is -0.464 e. The molecule has 1 rings (SSSR count). The van der Waals surface area contributed by atoms with Crippen molar-refractivity contribution in [1.82, 2.24) is 0 Å². The van der Waals surface area contributed by atoms with Gasteiger partial charge in [0.05, 0.1) is 12.3 Å².